The molecular weight excluding hydrogens is 393 g/mol. The summed E-state index contributed by atoms with van der Waals surface area (Å²) in [6.07, 6.45) is 0. The Balaban J connectivity index is 2.06. The van der Waals surface area contributed by atoms with Gasteiger partial charge in [-0.2, -0.15) is 5.26 Å². The third kappa shape index (κ3) is 3.10. The van der Waals surface area contributed by atoms with Crippen LogP contribution < -0.4 is 5.32 Å². The van der Waals surface area contributed by atoms with Crippen LogP contribution in [0.1, 0.15) is 32.1 Å². The summed E-state index contributed by atoms with van der Waals surface area (Å²) in [5.74, 6) is -0.107. The number of rotatable bonds is 3. The van der Waals surface area contributed by atoms with E-state index in [9.17, 15) is 10.1 Å². The van der Waals surface area contributed by atoms with Gasteiger partial charge < -0.3 is 9.84 Å². The number of aryl methyl sites for hydroxylation is 2. The predicted molar refractivity (Wildman–Crippen MR) is 103 cm³/mol. The van der Waals surface area contributed by atoms with Crippen LogP contribution >= 0.6 is 34.5 Å². The average Bonchev–Trinajstić information content (AvgIpc) is 3.08. The Bertz CT molecular complexity index is 1040. The van der Waals surface area contributed by atoms with Crippen LogP contribution in [0.4, 0.5) is 5.00 Å². The molecule has 0 fully saturated rings. The lowest BCUT2D eigenvalue weighted by molar-refractivity contribution is 0.102. The van der Waals surface area contributed by atoms with E-state index >= 15 is 0 Å². The maximum absolute atomic E-state index is 12.9. The Kier molecular flexibility index (Phi) is 5.05. The first-order valence-corrected chi connectivity index (χ1v) is 9.14. The number of hydrogen-bond donors (Lipinski definition) is 1. The Labute approximate surface area is 164 Å². The van der Waals surface area contributed by atoms with Crippen LogP contribution in [0.5, 0.6) is 0 Å². The number of carbonyl (C=O) groups is 1. The van der Waals surface area contributed by atoms with Gasteiger partial charge in [0, 0.05) is 10.4 Å². The van der Waals surface area contributed by atoms with Crippen molar-refractivity contribution in [1.29, 1.82) is 5.26 Å². The maximum Gasteiger partial charge on any atom is 0.262 e. The van der Waals surface area contributed by atoms with Crippen molar-refractivity contribution in [2.75, 3.05) is 5.32 Å². The molecule has 26 heavy (non-hydrogen) atoms. The highest BCUT2D eigenvalue weighted by Crippen LogP contribution is 2.38. The quantitative estimate of drug-likeness (QED) is 0.600. The molecule has 0 unspecified atom stereocenters. The first-order chi connectivity index (χ1) is 12.3. The summed E-state index contributed by atoms with van der Waals surface area (Å²) in [7, 11) is 0. The van der Waals surface area contributed by atoms with Gasteiger partial charge in [0.05, 0.1) is 15.6 Å². The summed E-state index contributed by atoms with van der Waals surface area (Å²) in [5, 5.41) is 17.3. The number of nitrogens with one attached hydrogen (secondary N) is 1. The first-order valence-electron chi connectivity index (χ1n) is 7.57. The molecule has 0 aliphatic heterocycles. The van der Waals surface area contributed by atoms with Crippen LogP contribution in [-0.2, 0) is 0 Å². The number of amides is 1. The molecule has 0 bridgehead atoms. The Morgan fingerprint density at radius 3 is 2.54 bits per heavy atom. The minimum atomic E-state index is -0.438. The lowest BCUT2D eigenvalue weighted by Crippen LogP contribution is -2.13. The van der Waals surface area contributed by atoms with E-state index in [4.69, 9.17) is 27.7 Å². The molecule has 3 aromatic rings. The number of thiophene rings is 1. The summed E-state index contributed by atoms with van der Waals surface area (Å²) in [6.45, 7) is 5.38. The minimum absolute atomic E-state index is 0.229. The molecule has 3 rings (SSSR count). The third-order valence-electron chi connectivity index (χ3n) is 4.01. The van der Waals surface area contributed by atoms with Crippen LogP contribution in [0.3, 0.4) is 0 Å². The van der Waals surface area contributed by atoms with E-state index in [1.165, 1.54) is 11.3 Å². The van der Waals surface area contributed by atoms with Crippen molar-refractivity contribution in [3.8, 4) is 17.3 Å². The summed E-state index contributed by atoms with van der Waals surface area (Å²) >= 11 is 13.8. The fourth-order valence-electron chi connectivity index (χ4n) is 2.55. The zero-order valence-corrected chi connectivity index (χ0v) is 16.4. The summed E-state index contributed by atoms with van der Waals surface area (Å²) in [4.78, 5) is 13.9. The number of nitriles is 1. The normalized spacial score (nSPS) is 10.6. The van der Waals surface area contributed by atoms with Crippen LogP contribution in [-0.4, -0.2) is 11.1 Å². The number of aromatic nitrogens is 1. The van der Waals surface area contributed by atoms with Crippen molar-refractivity contribution >= 4 is 45.4 Å². The molecule has 0 spiro atoms. The Hall–Kier alpha value is -2.33. The molecular formula is C18H13Cl2N3O2S. The predicted octanol–water partition coefficient (Wildman–Crippen LogP) is 5.76. The van der Waals surface area contributed by atoms with Crippen LogP contribution in [0.2, 0.25) is 10.0 Å². The van der Waals surface area contributed by atoms with Crippen molar-refractivity contribution in [3.63, 3.8) is 0 Å². The number of carbonyl (C=O) groups excluding carboxylic acids is 1. The van der Waals surface area contributed by atoms with Gasteiger partial charge in [0.2, 0.25) is 0 Å². The van der Waals surface area contributed by atoms with Crippen molar-refractivity contribution in [2.24, 2.45) is 0 Å². The lowest BCUT2D eigenvalue weighted by atomic mass is 10.1. The third-order valence-corrected chi connectivity index (χ3v) is 5.77. The Morgan fingerprint density at radius 1 is 1.27 bits per heavy atom. The van der Waals surface area contributed by atoms with Crippen LogP contribution in [0.15, 0.2) is 22.7 Å². The van der Waals surface area contributed by atoms with Crippen molar-refractivity contribution in [1.82, 2.24) is 5.16 Å². The molecule has 132 valence electrons. The molecule has 0 aliphatic carbocycles. The molecule has 1 aromatic carbocycles. The van der Waals surface area contributed by atoms with Crippen molar-refractivity contribution in [3.05, 3.63) is 55.6 Å². The van der Waals surface area contributed by atoms with Gasteiger partial charge in [0.1, 0.15) is 28.1 Å². The van der Waals surface area contributed by atoms with Crippen LogP contribution in [0.25, 0.3) is 11.3 Å². The Morgan fingerprint density at radius 2 is 1.92 bits per heavy atom. The molecule has 0 saturated heterocycles. The molecule has 0 radical (unpaired) electrons. The second kappa shape index (κ2) is 7.12. The van der Waals surface area contributed by atoms with Gasteiger partial charge in [-0.05, 0) is 38.5 Å². The monoisotopic (exact) mass is 405 g/mol. The van der Waals surface area contributed by atoms with Gasteiger partial charge >= 0.3 is 0 Å². The molecule has 2 aromatic heterocycles. The van der Waals surface area contributed by atoms with Gasteiger partial charge in [-0.1, -0.05) is 34.4 Å². The molecule has 5 nitrogen and oxygen atoms in total. The average molecular weight is 406 g/mol. The first kappa shape index (κ1) is 18.5. The number of halogens is 2. The van der Waals surface area contributed by atoms with E-state index in [0.717, 1.165) is 10.4 Å². The topological polar surface area (TPSA) is 78.9 Å². The van der Waals surface area contributed by atoms with Gasteiger partial charge in [0.25, 0.3) is 5.91 Å². The lowest BCUT2D eigenvalue weighted by Gasteiger charge is -2.07. The van der Waals surface area contributed by atoms with Gasteiger partial charge in [-0.3, -0.25) is 4.79 Å². The van der Waals surface area contributed by atoms with Gasteiger partial charge in [0.15, 0.2) is 0 Å². The minimum Gasteiger partial charge on any atom is -0.360 e. The summed E-state index contributed by atoms with van der Waals surface area (Å²) < 4.78 is 5.21. The molecule has 1 N–H and O–H groups in total. The number of benzene rings is 1. The van der Waals surface area contributed by atoms with Crippen molar-refractivity contribution < 1.29 is 9.32 Å². The molecule has 2 heterocycles. The SMILES string of the molecule is Cc1onc(-c2c(Cl)cccc2Cl)c1C(=O)Nc1sc(C)c(C)c1C#N. The van der Waals surface area contributed by atoms with Gasteiger partial charge in [-0.15, -0.1) is 11.3 Å². The second-order valence-electron chi connectivity index (χ2n) is 5.61. The zero-order valence-electron chi connectivity index (χ0n) is 14.1. The van der Waals surface area contributed by atoms with E-state index < -0.39 is 5.91 Å². The van der Waals surface area contributed by atoms with Crippen LogP contribution in [0, 0.1) is 32.1 Å². The smallest absolute Gasteiger partial charge is 0.262 e. The zero-order chi connectivity index (χ0) is 19.0. The highest BCUT2D eigenvalue weighted by molar-refractivity contribution is 7.16. The number of anilines is 1. The number of hydrogen-bond acceptors (Lipinski definition) is 5. The molecule has 0 atom stereocenters. The summed E-state index contributed by atoms with van der Waals surface area (Å²) in [6, 6.07) is 7.16. The fourth-order valence-corrected chi connectivity index (χ4v) is 4.13. The molecule has 8 heteroatoms. The molecule has 0 aliphatic rings. The molecule has 0 saturated carbocycles. The van der Waals surface area contributed by atoms with Crippen molar-refractivity contribution in [2.45, 2.75) is 20.8 Å². The highest BCUT2D eigenvalue weighted by Gasteiger charge is 2.26. The highest BCUT2D eigenvalue weighted by atomic mass is 35.5. The van der Waals surface area contributed by atoms with E-state index in [-0.39, 0.29) is 11.3 Å². The second-order valence-corrected chi connectivity index (χ2v) is 7.65. The van der Waals surface area contributed by atoms with E-state index in [2.05, 4.69) is 16.5 Å². The maximum atomic E-state index is 12.9. The molecule has 1 amide bonds. The largest absolute Gasteiger partial charge is 0.360 e. The standard InChI is InChI=1S/C18H13Cl2N3O2S/c1-8-10(3)26-18(11(8)7-21)22-17(24)14-9(2)25-23-16(14)15-12(19)5-4-6-13(15)20/h4-6H,1-3H3,(H,22,24). The van der Waals surface area contributed by atoms with E-state index in [1.54, 1.807) is 25.1 Å². The fraction of sp³-hybridized carbons (Fsp3) is 0.167. The van der Waals surface area contributed by atoms with Gasteiger partial charge in [-0.25, -0.2) is 0 Å². The summed E-state index contributed by atoms with van der Waals surface area (Å²) in [5.41, 5.74) is 2.22. The van der Waals surface area contributed by atoms with E-state index in [1.807, 2.05) is 13.8 Å². The van der Waals surface area contributed by atoms with E-state index in [0.29, 0.717) is 31.9 Å². The number of nitrogens with zero attached hydrogens (tertiary/aromatic N) is 2.